The summed E-state index contributed by atoms with van der Waals surface area (Å²) in [6.07, 6.45) is 0. The van der Waals surface area contributed by atoms with Gasteiger partial charge >= 0.3 is 0 Å². The first kappa shape index (κ1) is 8.87. The van der Waals surface area contributed by atoms with E-state index in [0.717, 1.165) is 0 Å². The molecule has 1 aromatic carbocycles. The fraction of sp³-hybridized carbons (Fsp3) is 0.333. The second-order valence-corrected chi connectivity index (χ2v) is 2.72. The van der Waals surface area contributed by atoms with Crippen molar-refractivity contribution in [3.8, 4) is 11.5 Å². The van der Waals surface area contributed by atoms with Crippen LogP contribution in [0.2, 0.25) is 0 Å². The van der Waals surface area contributed by atoms with Crippen molar-refractivity contribution >= 4 is 0 Å². The molecule has 3 N–H and O–H groups in total. The predicted octanol–water partition coefficient (Wildman–Crippen LogP) is 1.38. The van der Waals surface area contributed by atoms with Crippen LogP contribution in [0.4, 0.5) is 0 Å². The normalized spacial score (nSPS) is 12.8. The van der Waals surface area contributed by atoms with Crippen molar-refractivity contribution in [3.63, 3.8) is 0 Å². The minimum atomic E-state index is -0.0498. The summed E-state index contributed by atoms with van der Waals surface area (Å²) in [5.41, 5.74) is 0.542. The van der Waals surface area contributed by atoms with Gasteiger partial charge in [-0.1, -0.05) is 6.07 Å². The summed E-state index contributed by atoms with van der Waals surface area (Å²) in [5, 5.41) is 21.7. The Bertz CT molecular complexity index is 253. The number of hydrogen-bond acceptors (Lipinski definition) is 3. The Hall–Kier alpha value is -1.22. The smallest absolute Gasteiger partial charge is 0.124 e. The van der Waals surface area contributed by atoms with E-state index in [1.807, 2.05) is 6.92 Å². The highest BCUT2D eigenvalue weighted by molar-refractivity contribution is 5.44. The van der Waals surface area contributed by atoms with Gasteiger partial charge in [-0.15, -0.1) is 0 Å². The molecule has 0 amide bonds. The van der Waals surface area contributed by atoms with Crippen molar-refractivity contribution in [2.45, 2.75) is 13.0 Å². The highest BCUT2D eigenvalue weighted by Crippen LogP contribution is 2.31. The molecule has 0 bridgehead atoms. The number of benzene rings is 1. The van der Waals surface area contributed by atoms with Gasteiger partial charge in [-0.05, 0) is 26.1 Å². The van der Waals surface area contributed by atoms with E-state index in [0.29, 0.717) is 5.56 Å². The van der Waals surface area contributed by atoms with Crippen molar-refractivity contribution in [3.05, 3.63) is 23.8 Å². The molecule has 0 aliphatic rings. The van der Waals surface area contributed by atoms with Gasteiger partial charge in [-0.2, -0.15) is 0 Å². The molecule has 3 nitrogen and oxygen atoms in total. The molecule has 0 aliphatic heterocycles. The molecule has 0 aromatic heterocycles. The van der Waals surface area contributed by atoms with E-state index in [-0.39, 0.29) is 17.5 Å². The molecule has 1 atom stereocenters. The molecule has 0 aliphatic carbocycles. The van der Waals surface area contributed by atoms with Gasteiger partial charge in [0.05, 0.1) is 5.56 Å². The maximum absolute atomic E-state index is 9.39. The molecule has 66 valence electrons. The van der Waals surface area contributed by atoms with Gasteiger partial charge in [-0.3, -0.25) is 0 Å². The topological polar surface area (TPSA) is 52.5 Å². The molecule has 0 saturated carbocycles. The average Bonchev–Trinajstić information content (AvgIpc) is 2.03. The molecule has 12 heavy (non-hydrogen) atoms. The van der Waals surface area contributed by atoms with E-state index in [1.165, 1.54) is 0 Å². The number of aromatic hydroxyl groups is 2. The van der Waals surface area contributed by atoms with Gasteiger partial charge in [0.15, 0.2) is 0 Å². The molecule has 1 aromatic rings. The summed E-state index contributed by atoms with van der Waals surface area (Å²) in [6, 6.07) is 4.67. The van der Waals surface area contributed by atoms with Crippen LogP contribution in [0.1, 0.15) is 18.5 Å². The van der Waals surface area contributed by atoms with E-state index >= 15 is 0 Å². The lowest BCUT2D eigenvalue weighted by atomic mass is 10.1. The lowest BCUT2D eigenvalue weighted by molar-refractivity contribution is 0.424. The van der Waals surface area contributed by atoms with Crippen molar-refractivity contribution in [2.75, 3.05) is 7.05 Å². The van der Waals surface area contributed by atoms with Crippen molar-refractivity contribution in [1.29, 1.82) is 0 Å². The molecule has 0 fully saturated rings. The molecular weight excluding hydrogens is 154 g/mol. The van der Waals surface area contributed by atoms with Crippen LogP contribution < -0.4 is 5.32 Å². The summed E-state index contributed by atoms with van der Waals surface area (Å²) in [4.78, 5) is 0. The van der Waals surface area contributed by atoms with Crippen LogP contribution >= 0.6 is 0 Å². The summed E-state index contributed by atoms with van der Waals surface area (Å²) in [6.45, 7) is 1.87. The molecule has 0 radical (unpaired) electrons. The zero-order chi connectivity index (χ0) is 9.14. The molecule has 0 heterocycles. The third-order valence-electron chi connectivity index (χ3n) is 1.93. The number of rotatable bonds is 2. The highest BCUT2D eigenvalue weighted by atomic mass is 16.3. The van der Waals surface area contributed by atoms with Crippen LogP contribution in [-0.2, 0) is 0 Å². The first-order chi connectivity index (χ1) is 5.66. The summed E-state index contributed by atoms with van der Waals surface area (Å²) in [5.74, 6) is 0.244. The molecule has 1 rings (SSSR count). The minimum absolute atomic E-state index is 0.0498. The van der Waals surface area contributed by atoms with Gasteiger partial charge in [0, 0.05) is 6.04 Å². The maximum atomic E-state index is 9.39. The number of hydrogen-bond donors (Lipinski definition) is 3. The van der Waals surface area contributed by atoms with Crippen molar-refractivity contribution in [2.24, 2.45) is 0 Å². The predicted molar refractivity (Wildman–Crippen MR) is 47.2 cm³/mol. The third kappa shape index (κ3) is 1.51. The van der Waals surface area contributed by atoms with Crippen LogP contribution in [0.25, 0.3) is 0 Å². The minimum Gasteiger partial charge on any atom is -0.507 e. The van der Waals surface area contributed by atoms with Gasteiger partial charge in [0.1, 0.15) is 11.5 Å². The maximum Gasteiger partial charge on any atom is 0.124 e. The van der Waals surface area contributed by atoms with Gasteiger partial charge in [-0.25, -0.2) is 0 Å². The third-order valence-corrected chi connectivity index (χ3v) is 1.93. The number of phenolic OH excluding ortho intramolecular Hbond substituents is 2. The lowest BCUT2D eigenvalue weighted by Crippen LogP contribution is -2.12. The van der Waals surface area contributed by atoms with Gasteiger partial charge in [0.25, 0.3) is 0 Å². The van der Waals surface area contributed by atoms with Gasteiger partial charge < -0.3 is 15.5 Å². The van der Waals surface area contributed by atoms with E-state index < -0.39 is 0 Å². The first-order valence-electron chi connectivity index (χ1n) is 3.85. The van der Waals surface area contributed by atoms with Crippen LogP contribution in [0, 0.1) is 0 Å². The first-order valence-corrected chi connectivity index (χ1v) is 3.85. The molecule has 3 heteroatoms. The van der Waals surface area contributed by atoms with Crippen molar-refractivity contribution in [1.82, 2.24) is 5.32 Å². The van der Waals surface area contributed by atoms with E-state index in [2.05, 4.69) is 5.32 Å². The van der Waals surface area contributed by atoms with Crippen LogP contribution in [-0.4, -0.2) is 17.3 Å². The molecule has 0 spiro atoms. The zero-order valence-electron chi connectivity index (χ0n) is 7.20. The Morgan fingerprint density at radius 1 is 1.25 bits per heavy atom. The lowest BCUT2D eigenvalue weighted by Gasteiger charge is -2.13. The monoisotopic (exact) mass is 167 g/mol. The highest BCUT2D eigenvalue weighted by Gasteiger charge is 2.12. The average molecular weight is 167 g/mol. The van der Waals surface area contributed by atoms with Crippen LogP contribution in [0.3, 0.4) is 0 Å². The zero-order valence-corrected chi connectivity index (χ0v) is 7.20. The summed E-state index contributed by atoms with van der Waals surface area (Å²) in [7, 11) is 1.77. The standard InChI is InChI=1S/C9H13NO2/c1-6(10-2)9-7(11)4-3-5-8(9)12/h3-6,10-12H,1-2H3/t6-/m1/s1. The second kappa shape index (κ2) is 3.45. The Balaban J connectivity index is 3.12. The fourth-order valence-corrected chi connectivity index (χ4v) is 1.13. The largest absolute Gasteiger partial charge is 0.507 e. The van der Waals surface area contributed by atoms with E-state index in [9.17, 15) is 10.2 Å². The fourth-order valence-electron chi connectivity index (χ4n) is 1.13. The number of nitrogens with one attached hydrogen (secondary N) is 1. The Morgan fingerprint density at radius 2 is 1.75 bits per heavy atom. The van der Waals surface area contributed by atoms with Crippen LogP contribution in [0.15, 0.2) is 18.2 Å². The summed E-state index contributed by atoms with van der Waals surface area (Å²) >= 11 is 0. The quantitative estimate of drug-likeness (QED) is 0.623. The Labute approximate surface area is 71.7 Å². The Kier molecular flexibility index (Phi) is 2.55. The molecule has 0 saturated heterocycles. The van der Waals surface area contributed by atoms with Crippen LogP contribution in [0.5, 0.6) is 11.5 Å². The van der Waals surface area contributed by atoms with Crippen molar-refractivity contribution < 1.29 is 10.2 Å². The molecular formula is C9H13NO2. The summed E-state index contributed by atoms with van der Waals surface area (Å²) < 4.78 is 0. The van der Waals surface area contributed by atoms with Gasteiger partial charge in [0.2, 0.25) is 0 Å². The Morgan fingerprint density at radius 3 is 2.17 bits per heavy atom. The molecule has 0 unspecified atom stereocenters. The second-order valence-electron chi connectivity index (χ2n) is 2.72. The SMILES string of the molecule is CN[C@H](C)c1c(O)cccc1O. The number of phenols is 2. The van der Waals surface area contributed by atoms with E-state index in [4.69, 9.17) is 0 Å². The van der Waals surface area contributed by atoms with E-state index in [1.54, 1.807) is 25.2 Å².